The number of H-pyrrole nitrogens is 1. The number of fused-ring (bicyclic) bond motifs is 1. The number of carbonyl (C=O) groups is 1. The molecule has 128 valence electrons. The number of likely N-dealkylation sites (N-methyl/N-ethyl adjacent to an activating group) is 1. The SMILES string of the molecule is CCCCc1cc(C(=O)N2CCC[C@@H]3[C@H]2CCCCN3C)n[nH]1. The summed E-state index contributed by atoms with van der Waals surface area (Å²) in [5, 5.41) is 7.34. The molecular formula is C18H30N4O. The molecule has 0 spiro atoms. The van der Waals surface area contributed by atoms with Crippen LogP contribution in [-0.4, -0.2) is 58.1 Å². The number of piperidine rings is 1. The van der Waals surface area contributed by atoms with Gasteiger partial charge >= 0.3 is 0 Å². The molecule has 0 aromatic carbocycles. The van der Waals surface area contributed by atoms with Crippen LogP contribution in [0.1, 0.15) is 68.1 Å². The van der Waals surface area contributed by atoms with E-state index in [4.69, 9.17) is 0 Å². The van der Waals surface area contributed by atoms with E-state index in [0.29, 0.717) is 17.8 Å². The minimum absolute atomic E-state index is 0.119. The monoisotopic (exact) mass is 318 g/mol. The first-order valence-corrected chi connectivity index (χ1v) is 9.26. The van der Waals surface area contributed by atoms with Crippen LogP contribution in [0.2, 0.25) is 0 Å². The average Bonchev–Trinajstić information content (AvgIpc) is 2.96. The predicted molar refractivity (Wildman–Crippen MR) is 91.5 cm³/mol. The van der Waals surface area contributed by atoms with Gasteiger partial charge in [0.15, 0.2) is 0 Å². The maximum absolute atomic E-state index is 13.0. The summed E-state index contributed by atoms with van der Waals surface area (Å²) in [6.45, 7) is 4.22. The lowest BCUT2D eigenvalue weighted by atomic mass is 9.92. The van der Waals surface area contributed by atoms with Crippen molar-refractivity contribution in [3.05, 3.63) is 17.5 Å². The van der Waals surface area contributed by atoms with Gasteiger partial charge < -0.3 is 9.80 Å². The Morgan fingerprint density at radius 3 is 2.91 bits per heavy atom. The van der Waals surface area contributed by atoms with E-state index in [1.54, 1.807) is 0 Å². The number of aromatic amines is 1. The molecule has 0 bridgehead atoms. The van der Waals surface area contributed by atoms with E-state index in [1.807, 2.05) is 6.07 Å². The Morgan fingerprint density at radius 2 is 2.09 bits per heavy atom. The van der Waals surface area contributed by atoms with E-state index in [-0.39, 0.29) is 5.91 Å². The van der Waals surface area contributed by atoms with Crippen LogP contribution in [0.25, 0.3) is 0 Å². The van der Waals surface area contributed by atoms with Crippen LogP contribution in [0.3, 0.4) is 0 Å². The molecule has 2 aliphatic rings. The minimum Gasteiger partial charge on any atom is -0.333 e. The lowest BCUT2D eigenvalue weighted by Crippen LogP contribution is -2.55. The summed E-state index contributed by atoms with van der Waals surface area (Å²) < 4.78 is 0. The van der Waals surface area contributed by atoms with Gasteiger partial charge in [-0.05, 0) is 58.2 Å². The predicted octanol–water partition coefficient (Wildman–Crippen LogP) is 2.84. The zero-order chi connectivity index (χ0) is 16.2. The first kappa shape index (κ1) is 16.5. The molecule has 2 atom stereocenters. The van der Waals surface area contributed by atoms with E-state index < -0.39 is 0 Å². The molecule has 5 heteroatoms. The van der Waals surface area contributed by atoms with E-state index in [1.165, 1.54) is 19.3 Å². The van der Waals surface area contributed by atoms with Gasteiger partial charge in [0.25, 0.3) is 5.91 Å². The van der Waals surface area contributed by atoms with Gasteiger partial charge in [0.1, 0.15) is 5.69 Å². The summed E-state index contributed by atoms with van der Waals surface area (Å²) in [5.41, 5.74) is 1.69. The summed E-state index contributed by atoms with van der Waals surface area (Å²) in [5.74, 6) is 0.119. The van der Waals surface area contributed by atoms with Crippen LogP contribution >= 0.6 is 0 Å². The van der Waals surface area contributed by atoms with Crippen molar-refractivity contribution in [3.63, 3.8) is 0 Å². The zero-order valence-electron chi connectivity index (χ0n) is 14.6. The molecule has 2 fully saturated rings. The van der Waals surface area contributed by atoms with E-state index in [9.17, 15) is 4.79 Å². The van der Waals surface area contributed by atoms with Crippen LogP contribution in [-0.2, 0) is 6.42 Å². The average molecular weight is 318 g/mol. The molecule has 5 nitrogen and oxygen atoms in total. The fraction of sp³-hybridized carbons (Fsp3) is 0.778. The highest BCUT2D eigenvalue weighted by molar-refractivity contribution is 5.92. The number of nitrogens with zero attached hydrogens (tertiary/aromatic N) is 3. The fourth-order valence-corrected chi connectivity index (χ4v) is 4.15. The van der Waals surface area contributed by atoms with Crippen molar-refractivity contribution >= 4 is 5.91 Å². The minimum atomic E-state index is 0.119. The molecule has 1 N–H and O–H groups in total. The van der Waals surface area contributed by atoms with Gasteiger partial charge in [0.2, 0.25) is 0 Å². The lowest BCUT2D eigenvalue weighted by Gasteiger charge is -2.43. The molecule has 1 aromatic rings. The van der Waals surface area contributed by atoms with Crippen molar-refractivity contribution in [1.29, 1.82) is 0 Å². The smallest absolute Gasteiger partial charge is 0.274 e. The van der Waals surface area contributed by atoms with Crippen molar-refractivity contribution in [1.82, 2.24) is 20.0 Å². The van der Waals surface area contributed by atoms with E-state index >= 15 is 0 Å². The van der Waals surface area contributed by atoms with E-state index in [0.717, 1.165) is 50.9 Å². The second kappa shape index (κ2) is 7.47. The summed E-state index contributed by atoms with van der Waals surface area (Å²) in [6, 6.07) is 2.84. The third kappa shape index (κ3) is 3.60. The standard InChI is InChI=1S/C18H30N4O/c1-3-4-8-14-13-15(20-19-14)18(23)22-12-7-10-16-17(22)9-5-6-11-21(16)2/h13,16-17H,3-12H2,1-2H3,(H,19,20)/t16-,17-/m1/s1. The van der Waals surface area contributed by atoms with Gasteiger partial charge in [-0.25, -0.2) is 0 Å². The Kier molecular flexibility index (Phi) is 5.36. The number of rotatable bonds is 4. The largest absolute Gasteiger partial charge is 0.333 e. The number of aromatic nitrogens is 2. The van der Waals surface area contributed by atoms with Gasteiger partial charge in [0.05, 0.1) is 0 Å². The Bertz CT molecular complexity index is 527. The van der Waals surface area contributed by atoms with E-state index in [2.05, 4.69) is 34.0 Å². The number of hydrogen-bond donors (Lipinski definition) is 1. The number of amides is 1. The van der Waals surface area contributed by atoms with Crippen LogP contribution < -0.4 is 0 Å². The Labute approximate surface area is 139 Å². The number of unbranched alkanes of at least 4 members (excludes halogenated alkanes) is 1. The molecular weight excluding hydrogens is 288 g/mol. The molecule has 0 saturated carbocycles. The summed E-state index contributed by atoms with van der Waals surface area (Å²) >= 11 is 0. The molecule has 2 aliphatic heterocycles. The maximum atomic E-state index is 13.0. The third-order valence-electron chi connectivity index (χ3n) is 5.48. The zero-order valence-corrected chi connectivity index (χ0v) is 14.6. The Balaban J connectivity index is 1.73. The summed E-state index contributed by atoms with van der Waals surface area (Å²) in [4.78, 5) is 17.6. The van der Waals surface area contributed by atoms with Gasteiger partial charge in [-0.3, -0.25) is 9.89 Å². The van der Waals surface area contributed by atoms with Crippen molar-refractivity contribution in [2.24, 2.45) is 0 Å². The van der Waals surface area contributed by atoms with Gasteiger partial charge in [-0.1, -0.05) is 19.8 Å². The van der Waals surface area contributed by atoms with Gasteiger partial charge in [0, 0.05) is 24.3 Å². The first-order chi connectivity index (χ1) is 11.2. The van der Waals surface area contributed by atoms with Crippen LogP contribution in [0.4, 0.5) is 0 Å². The molecule has 1 aromatic heterocycles. The lowest BCUT2D eigenvalue weighted by molar-refractivity contribution is 0.0389. The quantitative estimate of drug-likeness (QED) is 0.929. The Morgan fingerprint density at radius 1 is 1.26 bits per heavy atom. The molecule has 23 heavy (non-hydrogen) atoms. The third-order valence-corrected chi connectivity index (χ3v) is 5.48. The molecule has 1 amide bonds. The van der Waals surface area contributed by atoms with Gasteiger partial charge in [-0.2, -0.15) is 5.10 Å². The molecule has 0 aliphatic carbocycles. The number of nitrogens with one attached hydrogen (secondary N) is 1. The topological polar surface area (TPSA) is 52.2 Å². The summed E-state index contributed by atoms with van der Waals surface area (Å²) in [7, 11) is 2.22. The van der Waals surface area contributed by atoms with Crippen molar-refractivity contribution in [3.8, 4) is 0 Å². The molecule has 3 rings (SSSR count). The highest BCUT2D eigenvalue weighted by Gasteiger charge is 2.38. The molecule has 0 radical (unpaired) electrons. The maximum Gasteiger partial charge on any atom is 0.274 e. The second-order valence-electron chi connectivity index (χ2n) is 7.13. The molecule has 2 saturated heterocycles. The van der Waals surface area contributed by atoms with Crippen LogP contribution in [0.5, 0.6) is 0 Å². The first-order valence-electron chi connectivity index (χ1n) is 9.26. The van der Waals surface area contributed by atoms with Crippen LogP contribution in [0, 0.1) is 0 Å². The van der Waals surface area contributed by atoms with Crippen molar-refractivity contribution in [2.45, 2.75) is 70.4 Å². The number of likely N-dealkylation sites (tertiary alicyclic amines) is 2. The summed E-state index contributed by atoms with van der Waals surface area (Å²) in [6.07, 6.45) is 9.18. The molecule has 3 heterocycles. The fourth-order valence-electron chi connectivity index (χ4n) is 4.15. The van der Waals surface area contributed by atoms with Crippen LogP contribution in [0.15, 0.2) is 6.07 Å². The second-order valence-corrected chi connectivity index (χ2v) is 7.13. The van der Waals surface area contributed by atoms with Crippen molar-refractivity contribution in [2.75, 3.05) is 20.1 Å². The highest BCUT2D eigenvalue weighted by atomic mass is 16.2. The van der Waals surface area contributed by atoms with Crippen molar-refractivity contribution < 1.29 is 4.79 Å². The molecule has 0 unspecified atom stereocenters. The van der Waals surface area contributed by atoms with Gasteiger partial charge in [-0.15, -0.1) is 0 Å². The number of carbonyl (C=O) groups excluding carboxylic acids is 1. The normalized spacial score (nSPS) is 25.9. The number of aryl methyl sites for hydroxylation is 1. The highest BCUT2D eigenvalue weighted by Crippen LogP contribution is 2.29. The number of hydrogen-bond acceptors (Lipinski definition) is 3. The Hall–Kier alpha value is -1.36.